The van der Waals surface area contributed by atoms with Crippen molar-refractivity contribution >= 4 is 20.9 Å². The predicted molar refractivity (Wildman–Crippen MR) is 94.8 cm³/mol. The molecule has 0 saturated carbocycles. The Hall–Kier alpha value is -2.13. The van der Waals surface area contributed by atoms with Gasteiger partial charge in [-0.05, 0) is 25.3 Å². The van der Waals surface area contributed by atoms with E-state index < -0.39 is 10.0 Å². The standard InChI is InChI=1S/C16H23N3O5S/c1-22-14-9-12-13(10-15(14)23-2)17-11-18-16(12)24-8-6-4-5-7-19-25(3,20)21/h9-11,19H,4-8H2,1-3H3. The second kappa shape index (κ2) is 8.82. The van der Waals surface area contributed by atoms with E-state index in [0.29, 0.717) is 36.0 Å². The van der Waals surface area contributed by atoms with E-state index in [-0.39, 0.29) is 0 Å². The lowest BCUT2D eigenvalue weighted by atomic mass is 10.2. The molecule has 1 heterocycles. The average Bonchev–Trinajstić information content (AvgIpc) is 2.58. The molecular weight excluding hydrogens is 346 g/mol. The lowest BCUT2D eigenvalue weighted by Crippen LogP contribution is -2.22. The zero-order valence-corrected chi connectivity index (χ0v) is 15.4. The minimum Gasteiger partial charge on any atom is -0.493 e. The summed E-state index contributed by atoms with van der Waals surface area (Å²) in [5.41, 5.74) is 0.708. The number of sulfonamides is 1. The van der Waals surface area contributed by atoms with Crippen LogP contribution in [0.3, 0.4) is 0 Å². The van der Waals surface area contributed by atoms with Crippen LogP contribution in [0.15, 0.2) is 18.5 Å². The number of ether oxygens (including phenoxy) is 3. The summed E-state index contributed by atoms with van der Waals surface area (Å²) in [6.07, 6.45) is 5.00. The molecule has 0 bridgehead atoms. The molecule has 0 unspecified atom stereocenters. The molecule has 1 aromatic carbocycles. The van der Waals surface area contributed by atoms with E-state index in [9.17, 15) is 8.42 Å². The number of benzene rings is 1. The van der Waals surface area contributed by atoms with E-state index in [1.807, 2.05) is 0 Å². The summed E-state index contributed by atoms with van der Waals surface area (Å²) in [4.78, 5) is 8.41. The van der Waals surface area contributed by atoms with E-state index in [1.54, 1.807) is 26.4 Å². The molecule has 0 aliphatic carbocycles. The van der Waals surface area contributed by atoms with E-state index in [1.165, 1.54) is 6.33 Å². The Balaban J connectivity index is 1.93. The monoisotopic (exact) mass is 369 g/mol. The number of aromatic nitrogens is 2. The Morgan fingerprint density at radius 1 is 1.04 bits per heavy atom. The minimum absolute atomic E-state index is 0.437. The van der Waals surface area contributed by atoms with Crippen LogP contribution in [0.5, 0.6) is 17.4 Å². The zero-order valence-electron chi connectivity index (χ0n) is 14.6. The summed E-state index contributed by atoms with van der Waals surface area (Å²) >= 11 is 0. The fraction of sp³-hybridized carbons (Fsp3) is 0.500. The highest BCUT2D eigenvalue weighted by atomic mass is 32.2. The second-order valence-electron chi connectivity index (χ2n) is 5.48. The molecule has 1 N–H and O–H groups in total. The van der Waals surface area contributed by atoms with Gasteiger partial charge in [-0.3, -0.25) is 0 Å². The third-order valence-electron chi connectivity index (χ3n) is 3.53. The Bertz CT molecular complexity index is 811. The molecule has 0 radical (unpaired) electrons. The number of methoxy groups -OCH3 is 2. The summed E-state index contributed by atoms with van der Waals surface area (Å²) in [7, 11) is 0.0215. The molecule has 25 heavy (non-hydrogen) atoms. The lowest BCUT2D eigenvalue weighted by molar-refractivity contribution is 0.297. The van der Waals surface area contributed by atoms with Gasteiger partial charge in [0, 0.05) is 12.6 Å². The molecule has 0 atom stereocenters. The topological polar surface area (TPSA) is 99.6 Å². The summed E-state index contributed by atoms with van der Waals surface area (Å²) < 4.78 is 40.7. The van der Waals surface area contributed by atoms with E-state index in [2.05, 4.69) is 14.7 Å². The molecule has 0 amide bonds. The van der Waals surface area contributed by atoms with Crippen LogP contribution < -0.4 is 18.9 Å². The van der Waals surface area contributed by atoms with Crippen molar-refractivity contribution in [3.8, 4) is 17.4 Å². The van der Waals surface area contributed by atoms with Gasteiger partial charge in [-0.15, -0.1) is 0 Å². The Morgan fingerprint density at radius 3 is 2.44 bits per heavy atom. The van der Waals surface area contributed by atoms with Crippen LogP contribution in [0.1, 0.15) is 19.3 Å². The molecule has 8 nitrogen and oxygen atoms in total. The van der Waals surface area contributed by atoms with Crippen LogP contribution in [-0.2, 0) is 10.0 Å². The number of hydrogen-bond donors (Lipinski definition) is 1. The van der Waals surface area contributed by atoms with Crippen LogP contribution >= 0.6 is 0 Å². The number of rotatable bonds is 10. The van der Waals surface area contributed by atoms with Gasteiger partial charge in [0.25, 0.3) is 0 Å². The number of fused-ring (bicyclic) bond motifs is 1. The van der Waals surface area contributed by atoms with Gasteiger partial charge in [-0.25, -0.2) is 23.1 Å². The van der Waals surface area contributed by atoms with Gasteiger partial charge in [0.2, 0.25) is 15.9 Å². The maximum Gasteiger partial charge on any atom is 0.224 e. The fourth-order valence-electron chi connectivity index (χ4n) is 2.30. The molecule has 0 aliphatic rings. The normalized spacial score (nSPS) is 11.5. The zero-order chi connectivity index (χ0) is 18.3. The lowest BCUT2D eigenvalue weighted by Gasteiger charge is -2.11. The third-order valence-corrected chi connectivity index (χ3v) is 4.26. The van der Waals surface area contributed by atoms with Crippen LogP contribution in [0.4, 0.5) is 0 Å². The van der Waals surface area contributed by atoms with Gasteiger partial charge in [0.05, 0.1) is 38.0 Å². The first-order valence-corrected chi connectivity index (χ1v) is 9.78. The molecule has 0 saturated heterocycles. The molecule has 1 aromatic heterocycles. The molecule has 0 spiro atoms. The summed E-state index contributed by atoms with van der Waals surface area (Å²) in [5, 5.41) is 0.749. The van der Waals surface area contributed by atoms with Crippen LogP contribution in [-0.4, -0.2) is 52.0 Å². The van der Waals surface area contributed by atoms with Crippen molar-refractivity contribution in [1.82, 2.24) is 14.7 Å². The van der Waals surface area contributed by atoms with Gasteiger partial charge in [-0.2, -0.15) is 0 Å². The predicted octanol–water partition coefficient (Wildman–Crippen LogP) is 1.75. The van der Waals surface area contributed by atoms with Crippen molar-refractivity contribution in [2.75, 3.05) is 33.6 Å². The maximum absolute atomic E-state index is 11.0. The highest BCUT2D eigenvalue weighted by Crippen LogP contribution is 2.34. The molecule has 0 aliphatic heterocycles. The quantitative estimate of drug-likeness (QED) is 0.637. The molecular formula is C16H23N3O5S. The molecule has 138 valence electrons. The summed E-state index contributed by atoms with van der Waals surface area (Å²) in [6, 6.07) is 3.57. The molecule has 2 rings (SSSR count). The van der Waals surface area contributed by atoms with Gasteiger partial charge in [0.15, 0.2) is 11.5 Å². The van der Waals surface area contributed by atoms with Crippen molar-refractivity contribution < 1.29 is 22.6 Å². The fourth-order valence-corrected chi connectivity index (χ4v) is 2.82. The first kappa shape index (κ1) is 19.2. The van der Waals surface area contributed by atoms with Gasteiger partial charge >= 0.3 is 0 Å². The van der Waals surface area contributed by atoms with Crippen molar-refractivity contribution in [2.45, 2.75) is 19.3 Å². The number of nitrogens with zero attached hydrogens (tertiary/aromatic N) is 2. The Kier molecular flexibility index (Phi) is 6.77. The van der Waals surface area contributed by atoms with Crippen molar-refractivity contribution in [1.29, 1.82) is 0 Å². The third kappa shape index (κ3) is 5.71. The van der Waals surface area contributed by atoms with Crippen LogP contribution in [0.25, 0.3) is 10.9 Å². The summed E-state index contributed by atoms with van der Waals surface area (Å²) in [5.74, 6) is 1.67. The van der Waals surface area contributed by atoms with Gasteiger partial charge in [-0.1, -0.05) is 0 Å². The van der Waals surface area contributed by atoms with Crippen molar-refractivity contribution in [3.63, 3.8) is 0 Å². The SMILES string of the molecule is COc1cc2ncnc(OCCCCCNS(C)(=O)=O)c2cc1OC. The number of hydrogen-bond acceptors (Lipinski definition) is 7. The molecule has 2 aromatic rings. The Labute approximate surface area is 147 Å². The first-order valence-electron chi connectivity index (χ1n) is 7.89. The van der Waals surface area contributed by atoms with Gasteiger partial charge < -0.3 is 14.2 Å². The van der Waals surface area contributed by atoms with E-state index in [4.69, 9.17) is 14.2 Å². The summed E-state index contributed by atoms with van der Waals surface area (Å²) in [6.45, 7) is 0.922. The van der Waals surface area contributed by atoms with Crippen LogP contribution in [0, 0.1) is 0 Å². The average molecular weight is 369 g/mol. The largest absolute Gasteiger partial charge is 0.493 e. The minimum atomic E-state index is -3.12. The highest BCUT2D eigenvalue weighted by molar-refractivity contribution is 7.88. The van der Waals surface area contributed by atoms with E-state index >= 15 is 0 Å². The van der Waals surface area contributed by atoms with E-state index in [0.717, 1.165) is 30.9 Å². The second-order valence-corrected chi connectivity index (χ2v) is 7.31. The van der Waals surface area contributed by atoms with Crippen LogP contribution in [0.2, 0.25) is 0 Å². The van der Waals surface area contributed by atoms with Gasteiger partial charge in [0.1, 0.15) is 6.33 Å². The number of nitrogens with one attached hydrogen (secondary N) is 1. The first-order chi connectivity index (χ1) is 11.9. The Morgan fingerprint density at radius 2 is 1.76 bits per heavy atom. The maximum atomic E-state index is 11.0. The number of unbranched alkanes of at least 4 members (excludes halogenated alkanes) is 2. The highest BCUT2D eigenvalue weighted by Gasteiger charge is 2.11. The van der Waals surface area contributed by atoms with Crippen molar-refractivity contribution in [3.05, 3.63) is 18.5 Å². The van der Waals surface area contributed by atoms with Crippen molar-refractivity contribution in [2.24, 2.45) is 0 Å². The molecule has 9 heteroatoms. The smallest absolute Gasteiger partial charge is 0.224 e. The molecule has 0 fully saturated rings.